The van der Waals surface area contributed by atoms with Crippen molar-refractivity contribution in [2.24, 2.45) is 0 Å². The highest BCUT2D eigenvalue weighted by molar-refractivity contribution is 9.10. The molecule has 2 aromatic rings. The first kappa shape index (κ1) is 16.7. The SMILES string of the molecule is CCn1nc(C)c(CN(C)C(=O)CCn2cc(Br)cn2)c1C. The van der Waals surface area contributed by atoms with E-state index in [9.17, 15) is 4.79 Å². The maximum atomic E-state index is 12.3. The van der Waals surface area contributed by atoms with Crippen molar-refractivity contribution in [2.45, 2.75) is 46.8 Å². The van der Waals surface area contributed by atoms with Crippen molar-refractivity contribution < 1.29 is 4.79 Å². The molecule has 0 aromatic carbocycles. The zero-order valence-corrected chi connectivity index (χ0v) is 15.1. The summed E-state index contributed by atoms with van der Waals surface area (Å²) in [6.45, 7) is 8.14. The fourth-order valence-electron chi connectivity index (χ4n) is 2.46. The number of hydrogen-bond acceptors (Lipinski definition) is 3. The van der Waals surface area contributed by atoms with Gasteiger partial charge in [0.2, 0.25) is 5.91 Å². The van der Waals surface area contributed by atoms with Gasteiger partial charge in [-0.1, -0.05) is 0 Å². The second kappa shape index (κ2) is 7.09. The smallest absolute Gasteiger partial charge is 0.224 e. The minimum absolute atomic E-state index is 0.106. The Kier molecular flexibility index (Phi) is 5.39. The number of amides is 1. The molecule has 0 saturated carbocycles. The highest BCUT2D eigenvalue weighted by Crippen LogP contribution is 2.15. The second-order valence-electron chi connectivity index (χ2n) is 5.39. The molecule has 0 atom stereocenters. The molecule has 1 amide bonds. The van der Waals surface area contributed by atoms with Crippen LogP contribution in [0.1, 0.15) is 30.3 Å². The number of rotatable bonds is 6. The van der Waals surface area contributed by atoms with Gasteiger partial charge in [-0.2, -0.15) is 10.2 Å². The highest BCUT2D eigenvalue weighted by Gasteiger charge is 2.16. The number of aromatic nitrogens is 4. The van der Waals surface area contributed by atoms with Crippen molar-refractivity contribution in [1.29, 1.82) is 0 Å². The molecule has 0 spiro atoms. The van der Waals surface area contributed by atoms with Crippen molar-refractivity contribution >= 4 is 21.8 Å². The molecule has 2 heterocycles. The molecule has 120 valence electrons. The van der Waals surface area contributed by atoms with Crippen LogP contribution in [0.25, 0.3) is 0 Å². The van der Waals surface area contributed by atoms with E-state index in [4.69, 9.17) is 0 Å². The van der Waals surface area contributed by atoms with Crippen molar-refractivity contribution in [3.8, 4) is 0 Å². The largest absolute Gasteiger partial charge is 0.341 e. The summed E-state index contributed by atoms with van der Waals surface area (Å²) in [6, 6.07) is 0. The van der Waals surface area contributed by atoms with E-state index < -0.39 is 0 Å². The van der Waals surface area contributed by atoms with E-state index in [1.54, 1.807) is 15.8 Å². The van der Waals surface area contributed by atoms with Gasteiger partial charge in [0.15, 0.2) is 0 Å². The molecule has 0 aliphatic rings. The Morgan fingerprint density at radius 3 is 2.68 bits per heavy atom. The van der Waals surface area contributed by atoms with Gasteiger partial charge in [0.1, 0.15) is 0 Å². The summed E-state index contributed by atoms with van der Waals surface area (Å²) in [7, 11) is 1.84. The number of carbonyl (C=O) groups is 1. The Morgan fingerprint density at radius 1 is 1.41 bits per heavy atom. The molecular weight excluding hydrogens is 346 g/mol. The standard InChI is InChI=1S/C15H22BrN5O/c1-5-21-12(3)14(11(2)18-21)10-19(4)15(22)6-7-20-9-13(16)8-17-20/h8-9H,5-7,10H2,1-4H3. The van der Waals surface area contributed by atoms with Gasteiger partial charge in [0.05, 0.1) is 16.4 Å². The van der Waals surface area contributed by atoms with Gasteiger partial charge in [0.25, 0.3) is 0 Å². The Balaban J connectivity index is 1.95. The van der Waals surface area contributed by atoms with Crippen molar-refractivity contribution in [3.63, 3.8) is 0 Å². The zero-order valence-electron chi connectivity index (χ0n) is 13.5. The molecule has 2 aromatic heterocycles. The maximum absolute atomic E-state index is 12.3. The fraction of sp³-hybridized carbons (Fsp3) is 0.533. The Morgan fingerprint density at radius 2 is 2.14 bits per heavy atom. The lowest BCUT2D eigenvalue weighted by Crippen LogP contribution is -2.27. The quantitative estimate of drug-likeness (QED) is 0.787. The van der Waals surface area contributed by atoms with Crippen LogP contribution in [0.5, 0.6) is 0 Å². The van der Waals surface area contributed by atoms with Gasteiger partial charge in [0, 0.05) is 50.6 Å². The molecule has 6 nitrogen and oxygen atoms in total. The van der Waals surface area contributed by atoms with Gasteiger partial charge < -0.3 is 4.90 Å². The van der Waals surface area contributed by atoms with Crippen LogP contribution in [-0.2, 0) is 24.4 Å². The van der Waals surface area contributed by atoms with Crippen molar-refractivity contribution in [1.82, 2.24) is 24.5 Å². The van der Waals surface area contributed by atoms with E-state index in [2.05, 4.69) is 40.0 Å². The summed E-state index contributed by atoms with van der Waals surface area (Å²) >= 11 is 3.35. The summed E-state index contributed by atoms with van der Waals surface area (Å²) < 4.78 is 4.66. The normalized spacial score (nSPS) is 11.0. The van der Waals surface area contributed by atoms with Crippen LogP contribution in [-0.4, -0.2) is 37.4 Å². The first-order valence-electron chi connectivity index (χ1n) is 7.37. The summed E-state index contributed by atoms with van der Waals surface area (Å²) in [6.07, 6.45) is 4.03. The molecule has 0 aliphatic heterocycles. The summed E-state index contributed by atoms with van der Waals surface area (Å²) in [5.41, 5.74) is 3.27. The molecule has 0 radical (unpaired) electrons. The average molecular weight is 368 g/mol. The topological polar surface area (TPSA) is 56.0 Å². The predicted octanol–water partition coefficient (Wildman–Crippen LogP) is 2.53. The van der Waals surface area contributed by atoms with Crippen LogP contribution in [0.3, 0.4) is 0 Å². The molecule has 2 rings (SSSR count). The third-order valence-corrected chi connectivity index (χ3v) is 4.22. The van der Waals surface area contributed by atoms with E-state index >= 15 is 0 Å². The first-order valence-corrected chi connectivity index (χ1v) is 8.16. The minimum Gasteiger partial charge on any atom is -0.341 e. The van der Waals surface area contributed by atoms with E-state index in [1.807, 2.05) is 24.9 Å². The molecule has 0 aliphatic carbocycles. The zero-order chi connectivity index (χ0) is 16.3. The lowest BCUT2D eigenvalue weighted by atomic mass is 10.2. The van der Waals surface area contributed by atoms with E-state index in [-0.39, 0.29) is 5.91 Å². The fourth-order valence-corrected chi connectivity index (χ4v) is 2.79. The summed E-state index contributed by atoms with van der Waals surface area (Å²) in [5.74, 6) is 0.106. The molecule has 7 heteroatoms. The van der Waals surface area contributed by atoms with Gasteiger partial charge in [-0.05, 0) is 36.7 Å². The van der Waals surface area contributed by atoms with Crippen LogP contribution >= 0.6 is 15.9 Å². The van der Waals surface area contributed by atoms with Crippen LogP contribution in [0.15, 0.2) is 16.9 Å². The summed E-state index contributed by atoms with van der Waals surface area (Å²) in [4.78, 5) is 14.0. The number of aryl methyl sites for hydroxylation is 3. The van der Waals surface area contributed by atoms with Crippen LogP contribution in [0, 0.1) is 13.8 Å². The monoisotopic (exact) mass is 367 g/mol. The maximum Gasteiger partial charge on any atom is 0.224 e. The number of carbonyl (C=O) groups excluding carboxylic acids is 1. The Hall–Kier alpha value is -1.63. The summed E-state index contributed by atoms with van der Waals surface area (Å²) in [5, 5.41) is 8.66. The minimum atomic E-state index is 0.106. The van der Waals surface area contributed by atoms with Gasteiger partial charge in [-0.15, -0.1) is 0 Å². The molecule has 0 fully saturated rings. The Bertz CT molecular complexity index is 661. The van der Waals surface area contributed by atoms with Crippen LogP contribution in [0.4, 0.5) is 0 Å². The lowest BCUT2D eigenvalue weighted by molar-refractivity contribution is -0.130. The molecule has 0 saturated heterocycles. The van der Waals surface area contributed by atoms with Gasteiger partial charge in [-0.3, -0.25) is 14.2 Å². The average Bonchev–Trinajstić information content (AvgIpc) is 3.02. The third kappa shape index (κ3) is 3.76. The van der Waals surface area contributed by atoms with Crippen molar-refractivity contribution in [2.75, 3.05) is 7.05 Å². The lowest BCUT2D eigenvalue weighted by Gasteiger charge is -2.17. The molecule has 0 N–H and O–H groups in total. The first-order chi connectivity index (χ1) is 10.4. The number of nitrogens with zero attached hydrogens (tertiary/aromatic N) is 5. The number of halogens is 1. The predicted molar refractivity (Wildman–Crippen MR) is 88.4 cm³/mol. The highest BCUT2D eigenvalue weighted by atomic mass is 79.9. The van der Waals surface area contributed by atoms with Gasteiger partial charge >= 0.3 is 0 Å². The van der Waals surface area contributed by atoms with Crippen molar-refractivity contribution in [3.05, 3.63) is 33.8 Å². The number of hydrogen-bond donors (Lipinski definition) is 0. The van der Waals surface area contributed by atoms with E-state index in [0.29, 0.717) is 19.5 Å². The van der Waals surface area contributed by atoms with Crippen LogP contribution in [0.2, 0.25) is 0 Å². The van der Waals surface area contributed by atoms with E-state index in [0.717, 1.165) is 28.0 Å². The van der Waals surface area contributed by atoms with Gasteiger partial charge in [-0.25, -0.2) is 0 Å². The molecular formula is C15H22BrN5O. The molecule has 0 unspecified atom stereocenters. The van der Waals surface area contributed by atoms with E-state index in [1.165, 1.54) is 0 Å². The molecule has 22 heavy (non-hydrogen) atoms. The second-order valence-corrected chi connectivity index (χ2v) is 6.30. The Labute approximate surface area is 139 Å². The molecule has 0 bridgehead atoms. The van der Waals surface area contributed by atoms with Crippen LogP contribution < -0.4 is 0 Å². The third-order valence-electron chi connectivity index (χ3n) is 3.81.